The summed E-state index contributed by atoms with van der Waals surface area (Å²) in [5, 5.41) is 0. The second-order valence-electron chi connectivity index (χ2n) is 5.76. The van der Waals surface area contributed by atoms with E-state index in [2.05, 4.69) is 31.2 Å². The Morgan fingerprint density at radius 3 is 2.65 bits per heavy atom. The highest BCUT2D eigenvalue weighted by Crippen LogP contribution is 2.29. The Balaban J connectivity index is 1.56. The predicted molar refractivity (Wildman–Crippen MR) is 79.1 cm³/mol. The van der Waals surface area contributed by atoms with Gasteiger partial charge in [0, 0.05) is 19.5 Å². The van der Waals surface area contributed by atoms with Crippen LogP contribution in [-0.2, 0) is 9.53 Å². The fourth-order valence-electron chi connectivity index (χ4n) is 2.88. The molecule has 106 valence electrons. The number of aryl methyl sites for hydroxylation is 1. The first-order valence-corrected chi connectivity index (χ1v) is 7.42. The van der Waals surface area contributed by atoms with Crippen LogP contribution in [0.5, 0.6) is 0 Å². The van der Waals surface area contributed by atoms with Crippen molar-refractivity contribution in [2.24, 2.45) is 0 Å². The number of nitrogens with zero attached hydrogens (tertiary/aromatic N) is 1. The lowest BCUT2D eigenvalue weighted by atomic mass is 10.0. The van der Waals surface area contributed by atoms with Crippen molar-refractivity contribution in [3.8, 4) is 0 Å². The van der Waals surface area contributed by atoms with Gasteiger partial charge >= 0.3 is 0 Å². The average Bonchev–Trinajstić information content (AvgIpc) is 3.10. The fourth-order valence-corrected chi connectivity index (χ4v) is 2.88. The van der Waals surface area contributed by atoms with Crippen molar-refractivity contribution in [3.05, 3.63) is 41.7 Å². The smallest absolute Gasteiger partial charge is 0.226 e. The van der Waals surface area contributed by atoms with E-state index in [9.17, 15) is 4.79 Å². The third-order valence-electron chi connectivity index (χ3n) is 4.13. The van der Waals surface area contributed by atoms with Gasteiger partial charge in [-0.15, -0.1) is 0 Å². The zero-order valence-corrected chi connectivity index (χ0v) is 12.0. The molecule has 1 unspecified atom stereocenters. The van der Waals surface area contributed by atoms with Crippen LogP contribution in [0.4, 0.5) is 0 Å². The quantitative estimate of drug-likeness (QED) is 0.845. The summed E-state index contributed by atoms with van der Waals surface area (Å²) in [6.07, 6.45) is 5.47. The number of carbonyl (C=O) groups is 1. The largest absolute Gasteiger partial charge is 0.497 e. The summed E-state index contributed by atoms with van der Waals surface area (Å²) in [5.41, 5.74) is 3.66. The molecule has 3 nitrogen and oxygen atoms in total. The molecule has 3 rings (SSSR count). The van der Waals surface area contributed by atoms with Gasteiger partial charge in [-0.3, -0.25) is 4.79 Å². The van der Waals surface area contributed by atoms with Crippen molar-refractivity contribution in [3.63, 3.8) is 0 Å². The second kappa shape index (κ2) is 5.70. The second-order valence-corrected chi connectivity index (χ2v) is 5.76. The topological polar surface area (TPSA) is 29.5 Å². The molecule has 0 aromatic heterocycles. The Labute approximate surface area is 120 Å². The van der Waals surface area contributed by atoms with E-state index < -0.39 is 0 Å². The molecular weight excluding hydrogens is 250 g/mol. The first kappa shape index (κ1) is 13.2. The molecule has 2 aliphatic heterocycles. The zero-order chi connectivity index (χ0) is 13.9. The van der Waals surface area contributed by atoms with E-state index in [-0.39, 0.29) is 12.0 Å². The number of ether oxygens (including phenoxy) is 1. The van der Waals surface area contributed by atoms with Crippen molar-refractivity contribution in [2.45, 2.75) is 38.7 Å². The summed E-state index contributed by atoms with van der Waals surface area (Å²) in [6.45, 7) is 3.93. The molecule has 0 saturated carbocycles. The number of carbonyl (C=O) groups excluding carboxylic acids is 1. The molecule has 0 N–H and O–H groups in total. The molecule has 1 atom stereocenters. The minimum atomic E-state index is 0.0133. The summed E-state index contributed by atoms with van der Waals surface area (Å²) in [7, 11) is 0. The minimum Gasteiger partial charge on any atom is -0.497 e. The van der Waals surface area contributed by atoms with Crippen molar-refractivity contribution in [2.75, 3.05) is 13.1 Å². The summed E-state index contributed by atoms with van der Waals surface area (Å²) in [4.78, 5) is 14.1. The van der Waals surface area contributed by atoms with E-state index >= 15 is 0 Å². The summed E-state index contributed by atoms with van der Waals surface area (Å²) >= 11 is 0. The third-order valence-corrected chi connectivity index (χ3v) is 4.13. The normalized spacial score (nSPS) is 21.8. The van der Waals surface area contributed by atoms with Gasteiger partial charge in [-0.2, -0.15) is 0 Å². The molecule has 0 radical (unpaired) electrons. The molecule has 1 fully saturated rings. The number of amides is 1. The molecular formula is C17H21NO2. The Morgan fingerprint density at radius 2 is 1.95 bits per heavy atom. The summed E-state index contributed by atoms with van der Waals surface area (Å²) < 4.78 is 5.67. The Bertz CT molecular complexity index is 512. The Hall–Kier alpha value is -1.77. The number of likely N-dealkylation sites (tertiary alicyclic amines) is 1. The van der Waals surface area contributed by atoms with Crippen molar-refractivity contribution in [1.82, 2.24) is 4.90 Å². The number of hydrogen-bond acceptors (Lipinski definition) is 2. The van der Waals surface area contributed by atoms with E-state index in [1.54, 1.807) is 0 Å². The lowest BCUT2D eigenvalue weighted by Crippen LogP contribution is -2.30. The molecule has 1 aromatic carbocycles. The maximum absolute atomic E-state index is 12.1. The maximum Gasteiger partial charge on any atom is 0.226 e. The van der Waals surface area contributed by atoms with Gasteiger partial charge in [0.1, 0.15) is 6.10 Å². The van der Waals surface area contributed by atoms with Crippen LogP contribution < -0.4 is 0 Å². The molecule has 2 heterocycles. The molecule has 0 aliphatic carbocycles. The molecule has 1 saturated heterocycles. The van der Waals surface area contributed by atoms with Crippen LogP contribution in [0, 0.1) is 6.92 Å². The monoisotopic (exact) mass is 271 g/mol. The van der Waals surface area contributed by atoms with Crippen molar-refractivity contribution < 1.29 is 9.53 Å². The Kier molecular flexibility index (Phi) is 3.77. The van der Waals surface area contributed by atoms with Crippen molar-refractivity contribution in [1.29, 1.82) is 0 Å². The van der Waals surface area contributed by atoms with Crippen LogP contribution >= 0.6 is 0 Å². The fraction of sp³-hybridized carbons (Fsp3) is 0.471. The molecule has 0 bridgehead atoms. The number of benzene rings is 1. The Morgan fingerprint density at radius 1 is 1.25 bits per heavy atom. The highest BCUT2D eigenvalue weighted by molar-refractivity contribution is 5.78. The van der Waals surface area contributed by atoms with Crippen LogP contribution in [0.2, 0.25) is 0 Å². The van der Waals surface area contributed by atoms with Gasteiger partial charge in [0.25, 0.3) is 0 Å². The lowest BCUT2D eigenvalue weighted by Gasteiger charge is -2.17. The molecule has 0 spiro atoms. The van der Waals surface area contributed by atoms with Crippen molar-refractivity contribution >= 4 is 11.5 Å². The number of rotatable bonds is 3. The third kappa shape index (κ3) is 2.87. The van der Waals surface area contributed by atoms with E-state index in [1.165, 1.54) is 16.7 Å². The molecule has 1 amide bonds. The van der Waals surface area contributed by atoms with Crippen LogP contribution in [0.1, 0.15) is 36.8 Å². The zero-order valence-electron chi connectivity index (χ0n) is 12.0. The number of hydrogen-bond donors (Lipinski definition) is 0. The van der Waals surface area contributed by atoms with E-state index in [4.69, 9.17) is 4.74 Å². The van der Waals surface area contributed by atoms with Gasteiger partial charge in [0.05, 0.1) is 12.7 Å². The highest BCUT2D eigenvalue weighted by atomic mass is 16.5. The molecule has 20 heavy (non-hydrogen) atoms. The molecule has 1 aromatic rings. The van der Waals surface area contributed by atoms with Crippen LogP contribution in [0.3, 0.4) is 0 Å². The first-order chi connectivity index (χ1) is 9.72. The average molecular weight is 271 g/mol. The van der Waals surface area contributed by atoms with Crippen LogP contribution in [0.25, 0.3) is 5.57 Å². The first-order valence-electron chi connectivity index (χ1n) is 7.42. The lowest BCUT2D eigenvalue weighted by molar-refractivity contribution is -0.132. The summed E-state index contributed by atoms with van der Waals surface area (Å²) in [6, 6.07) is 8.46. The summed E-state index contributed by atoms with van der Waals surface area (Å²) in [5.74, 6) is 0.242. The van der Waals surface area contributed by atoms with Gasteiger partial charge in [-0.1, -0.05) is 29.8 Å². The predicted octanol–water partition coefficient (Wildman–Crippen LogP) is 3.14. The minimum absolute atomic E-state index is 0.0133. The van der Waals surface area contributed by atoms with Gasteiger partial charge in [-0.05, 0) is 30.9 Å². The molecule has 3 heteroatoms. The van der Waals surface area contributed by atoms with E-state index in [0.717, 1.165) is 32.4 Å². The maximum atomic E-state index is 12.1. The highest BCUT2D eigenvalue weighted by Gasteiger charge is 2.26. The van der Waals surface area contributed by atoms with Gasteiger partial charge in [0.15, 0.2) is 0 Å². The van der Waals surface area contributed by atoms with Gasteiger partial charge < -0.3 is 9.64 Å². The van der Waals surface area contributed by atoms with E-state index in [0.29, 0.717) is 6.42 Å². The van der Waals surface area contributed by atoms with E-state index in [1.807, 2.05) is 11.2 Å². The molecule has 2 aliphatic rings. The standard InChI is InChI=1S/C17H21NO2/c1-13-4-6-14(7-5-13)15-10-16(20-12-15)11-17(19)18-8-2-3-9-18/h4-7,12,16H,2-3,8-11H2,1H3. The van der Waals surface area contributed by atoms with Crippen LogP contribution in [-0.4, -0.2) is 30.0 Å². The van der Waals surface area contributed by atoms with Gasteiger partial charge in [0.2, 0.25) is 5.91 Å². The van der Waals surface area contributed by atoms with Gasteiger partial charge in [-0.25, -0.2) is 0 Å². The SMILES string of the molecule is Cc1ccc(C2=COC(CC(=O)N3CCCC3)C2)cc1. The van der Waals surface area contributed by atoms with Crippen LogP contribution in [0.15, 0.2) is 30.5 Å².